The highest BCUT2D eigenvalue weighted by Crippen LogP contribution is 2.25. The van der Waals surface area contributed by atoms with E-state index in [-0.39, 0.29) is 11.9 Å². The Kier molecular flexibility index (Phi) is 3.64. The number of likely N-dealkylation sites (N-methyl/N-ethyl adjacent to an activating group) is 1. The predicted molar refractivity (Wildman–Crippen MR) is 66.0 cm³/mol. The number of hydrogen-bond acceptors (Lipinski definition) is 3. The average molecular weight is 234 g/mol. The minimum absolute atomic E-state index is 0.00879. The first-order valence-electron chi connectivity index (χ1n) is 5.90. The maximum Gasteiger partial charge on any atom is 0.236 e. The number of carbonyl (C=O) groups excluding carboxylic acids is 1. The van der Waals surface area contributed by atoms with Crippen LogP contribution < -0.4 is 15.4 Å². The lowest BCUT2D eigenvalue weighted by atomic mass is 10.1. The molecule has 1 aliphatic rings. The fourth-order valence-corrected chi connectivity index (χ4v) is 1.93. The molecule has 0 saturated carbocycles. The molecule has 2 rings (SSSR count). The molecule has 0 aromatic heterocycles. The second-order valence-corrected chi connectivity index (χ2v) is 4.26. The van der Waals surface area contributed by atoms with Gasteiger partial charge in [-0.3, -0.25) is 4.79 Å². The van der Waals surface area contributed by atoms with Gasteiger partial charge in [0.15, 0.2) is 0 Å². The van der Waals surface area contributed by atoms with Gasteiger partial charge < -0.3 is 15.4 Å². The molecule has 2 N–H and O–H groups in total. The number of nitrogens with one attached hydrogen (secondary N) is 2. The average Bonchev–Trinajstić information content (AvgIpc) is 2.82. The lowest BCUT2D eigenvalue weighted by Gasteiger charge is -2.12. The SMILES string of the molecule is CNC(=O)C(C)NCc1ccc2c(c1)CCO2. The fourth-order valence-electron chi connectivity index (χ4n) is 1.93. The van der Waals surface area contributed by atoms with Gasteiger partial charge in [-0.05, 0) is 24.1 Å². The molecule has 1 aromatic rings. The zero-order valence-corrected chi connectivity index (χ0v) is 10.2. The molecule has 1 atom stereocenters. The van der Waals surface area contributed by atoms with E-state index in [1.54, 1.807) is 7.05 Å². The first kappa shape index (κ1) is 11.9. The normalized spacial score (nSPS) is 14.9. The van der Waals surface area contributed by atoms with E-state index in [2.05, 4.69) is 16.7 Å². The number of fused-ring (bicyclic) bond motifs is 1. The van der Waals surface area contributed by atoms with Crippen LogP contribution in [0.2, 0.25) is 0 Å². The molecule has 0 bridgehead atoms. The minimum atomic E-state index is -0.176. The molecule has 0 radical (unpaired) electrons. The van der Waals surface area contributed by atoms with E-state index in [4.69, 9.17) is 4.74 Å². The van der Waals surface area contributed by atoms with Crippen LogP contribution in [0.4, 0.5) is 0 Å². The van der Waals surface area contributed by atoms with Gasteiger partial charge in [-0.15, -0.1) is 0 Å². The van der Waals surface area contributed by atoms with Crippen molar-refractivity contribution in [1.29, 1.82) is 0 Å². The van der Waals surface area contributed by atoms with Crippen molar-refractivity contribution in [1.82, 2.24) is 10.6 Å². The van der Waals surface area contributed by atoms with Gasteiger partial charge in [0.1, 0.15) is 5.75 Å². The molecule has 0 spiro atoms. The third kappa shape index (κ3) is 2.77. The minimum Gasteiger partial charge on any atom is -0.493 e. The molecule has 1 amide bonds. The van der Waals surface area contributed by atoms with E-state index in [1.807, 2.05) is 19.1 Å². The predicted octanol–water partition coefficient (Wildman–Crippen LogP) is 0.846. The van der Waals surface area contributed by atoms with E-state index >= 15 is 0 Å². The van der Waals surface area contributed by atoms with Crippen molar-refractivity contribution in [2.45, 2.75) is 25.9 Å². The molecule has 4 heteroatoms. The van der Waals surface area contributed by atoms with Gasteiger partial charge in [-0.2, -0.15) is 0 Å². The summed E-state index contributed by atoms with van der Waals surface area (Å²) in [5, 5.41) is 5.81. The van der Waals surface area contributed by atoms with Crippen LogP contribution in [0.3, 0.4) is 0 Å². The number of ether oxygens (including phenoxy) is 1. The van der Waals surface area contributed by atoms with Crippen LogP contribution >= 0.6 is 0 Å². The highest BCUT2D eigenvalue weighted by atomic mass is 16.5. The van der Waals surface area contributed by atoms with Gasteiger partial charge in [-0.25, -0.2) is 0 Å². The van der Waals surface area contributed by atoms with Gasteiger partial charge in [0.05, 0.1) is 12.6 Å². The number of hydrogen-bond donors (Lipinski definition) is 2. The summed E-state index contributed by atoms with van der Waals surface area (Å²) < 4.78 is 5.45. The molecule has 1 aromatic carbocycles. The summed E-state index contributed by atoms with van der Waals surface area (Å²) in [7, 11) is 1.65. The quantitative estimate of drug-likeness (QED) is 0.812. The van der Waals surface area contributed by atoms with Gasteiger partial charge >= 0.3 is 0 Å². The Bertz CT molecular complexity index is 418. The molecule has 0 fully saturated rings. The third-order valence-corrected chi connectivity index (χ3v) is 3.01. The summed E-state index contributed by atoms with van der Waals surface area (Å²) in [6, 6.07) is 6.01. The standard InChI is InChI=1S/C13H18N2O2/c1-9(13(16)14-2)15-8-10-3-4-12-11(7-10)5-6-17-12/h3-4,7,9,15H,5-6,8H2,1-2H3,(H,14,16). The first-order valence-corrected chi connectivity index (χ1v) is 5.90. The van der Waals surface area contributed by atoms with Crippen LogP contribution in [0.1, 0.15) is 18.1 Å². The molecule has 0 aliphatic carbocycles. The van der Waals surface area contributed by atoms with E-state index in [0.717, 1.165) is 18.8 Å². The lowest BCUT2D eigenvalue weighted by molar-refractivity contribution is -0.122. The maximum absolute atomic E-state index is 11.3. The van der Waals surface area contributed by atoms with Crippen molar-refractivity contribution >= 4 is 5.91 Å². The highest BCUT2D eigenvalue weighted by molar-refractivity contribution is 5.80. The Morgan fingerprint density at radius 1 is 1.53 bits per heavy atom. The smallest absolute Gasteiger partial charge is 0.236 e. The molecular weight excluding hydrogens is 216 g/mol. The fraction of sp³-hybridized carbons (Fsp3) is 0.462. The molecule has 17 heavy (non-hydrogen) atoms. The van der Waals surface area contributed by atoms with E-state index in [1.165, 1.54) is 11.1 Å². The molecule has 1 aliphatic heterocycles. The Balaban J connectivity index is 1.93. The van der Waals surface area contributed by atoms with Crippen molar-refractivity contribution in [3.8, 4) is 5.75 Å². The summed E-state index contributed by atoms with van der Waals surface area (Å²) in [6.07, 6.45) is 0.980. The molecule has 1 unspecified atom stereocenters. The van der Waals surface area contributed by atoms with Crippen molar-refractivity contribution in [3.63, 3.8) is 0 Å². The number of carbonyl (C=O) groups is 1. The second kappa shape index (κ2) is 5.19. The number of amides is 1. The van der Waals surface area contributed by atoms with Gasteiger partial charge in [0.2, 0.25) is 5.91 Å². The van der Waals surface area contributed by atoms with Crippen LogP contribution in [-0.4, -0.2) is 25.6 Å². The second-order valence-electron chi connectivity index (χ2n) is 4.26. The van der Waals surface area contributed by atoms with E-state index < -0.39 is 0 Å². The monoisotopic (exact) mass is 234 g/mol. The Morgan fingerprint density at radius 2 is 2.35 bits per heavy atom. The molecule has 4 nitrogen and oxygen atoms in total. The summed E-state index contributed by atoms with van der Waals surface area (Å²) >= 11 is 0. The van der Waals surface area contributed by atoms with E-state index in [0.29, 0.717) is 6.54 Å². The molecule has 0 saturated heterocycles. The van der Waals surface area contributed by atoms with Gasteiger partial charge in [0.25, 0.3) is 0 Å². The highest BCUT2D eigenvalue weighted by Gasteiger charge is 2.13. The molecule has 92 valence electrons. The van der Waals surface area contributed by atoms with Crippen LogP contribution in [0.15, 0.2) is 18.2 Å². The summed E-state index contributed by atoms with van der Waals surface area (Å²) in [5.74, 6) is 1.00. The molecule has 1 heterocycles. The summed E-state index contributed by atoms with van der Waals surface area (Å²) in [5.41, 5.74) is 2.45. The number of benzene rings is 1. The Labute approximate surface area is 101 Å². The zero-order valence-electron chi connectivity index (χ0n) is 10.2. The van der Waals surface area contributed by atoms with Crippen molar-refractivity contribution < 1.29 is 9.53 Å². The zero-order chi connectivity index (χ0) is 12.3. The Hall–Kier alpha value is -1.55. The summed E-state index contributed by atoms with van der Waals surface area (Å²) in [6.45, 7) is 3.33. The van der Waals surface area contributed by atoms with Crippen molar-refractivity contribution in [2.75, 3.05) is 13.7 Å². The lowest BCUT2D eigenvalue weighted by Crippen LogP contribution is -2.40. The Morgan fingerprint density at radius 3 is 3.12 bits per heavy atom. The van der Waals surface area contributed by atoms with Crippen LogP contribution in [0, 0.1) is 0 Å². The van der Waals surface area contributed by atoms with Crippen molar-refractivity contribution in [3.05, 3.63) is 29.3 Å². The van der Waals surface area contributed by atoms with E-state index in [9.17, 15) is 4.79 Å². The largest absolute Gasteiger partial charge is 0.493 e. The van der Waals surface area contributed by atoms with Crippen molar-refractivity contribution in [2.24, 2.45) is 0 Å². The van der Waals surface area contributed by atoms with Gasteiger partial charge in [-0.1, -0.05) is 12.1 Å². The van der Waals surface area contributed by atoms with Gasteiger partial charge in [0, 0.05) is 20.0 Å². The number of rotatable bonds is 4. The first-order chi connectivity index (χ1) is 8.20. The summed E-state index contributed by atoms with van der Waals surface area (Å²) in [4.78, 5) is 11.3. The topological polar surface area (TPSA) is 50.4 Å². The molecular formula is C13H18N2O2. The van der Waals surface area contributed by atoms with Crippen LogP contribution in [-0.2, 0) is 17.8 Å². The maximum atomic E-state index is 11.3. The van der Waals surface area contributed by atoms with Crippen LogP contribution in [0.25, 0.3) is 0 Å². The third-order valence-electron chi connectivity index (χ3n) is 3.01. The van der Waals surface area contributed by atoms with Crippen LogP contribution in [0.5, 0.6) is 5.75 Å².